The first-order valence-corrected chi connectivity index (χ1v) is 5.10. The van der Waals surface area contributed by atoms with Gasteiger partial charge in [0.15, 0.2) is 0 Å². The summed E-state index contributed by atoms with van der Waals surface area (Å²) in [7, 11) is 0. The van der Waals surface area contributed by atoms with E-state index in [9.17, 15) is 19.2 Å². The largest absolute Gasteiger partial charge is 0.414 e. The highest BCUT2D eigenvalue weighted by molar-refractivity contribution is 5.95. The Morgan fingerprint density at radius 3 is 1.00 bits per heavy atom. The zero-order valence-electron chi connectivity index (χ0n) is 9.73. The molecule has 0 atom stereocenters. The summed E-state index contributed by atoms with van der Waals surface area (Å²) < 4.78 is 18.3. The fourth-order valence-electron chi connectivity index (χ4n) is 1.33. The van der Waals surface area contributed by atoms with Gasteiger partial charge in [0.05, 0.1) is 0 Å². The number of ether oxygens (including phenoxy) is 4. The Balaban J connectivity index is 2.40. The number of carbonyl (C=O) groups is 4. The minimum atomic E-state index is -2.85. The van der Waals surface area contributed by atoms with Crippen LogP contribution >= 0.6 is 0 Å². The fourth-order valence-corrected chi connectivity index (χ4v) is 1.33. The van der Waals surface area contributed by atoms with Crippen LogP contribution in [0.3, 0.4) is 0 Å². The highest BCUT2D eigenvalue weighted by Crippen LogP contribution is 2.28. The molecule has 0 amide bonds. The Hall–Kier alpha value is -2.72. The summed E-state index contributed by atoms with van der Waals surface area (Å²) in [5, 5.41) is 0. The van der Waals surface area contributed by atoms with E-state index in [-0.39, 0.29) is 0 Å². The Morgan fingerprint density at radius 1 is 0.600 bits per heavy atom. The number of rotatable bonds is 1. The summed E-state index contributed by atoms with van der Waals surface area (Å²) in [5.74, 6) is -10.2. The summed E-state index contributed by atoms with van der Waals surface area (Å²) >= 11 is 0. The molecule has 2 aliphatic heterocycles. The van der Waals surface area contributed by atoms with Gasteiger partial charge in [-0.15, -0.1) is 0 Å². The number of hydrogen-bond donors (Lipinski definition) is 2. The number of hydrogen-bond acceptors (Lipinski definition) is 10. The second-order valence-electron chi connectivity index (χ2n) is 3.69. The number of nitrogens with two attached hydrogens (primary N) is 2. The van der Waals surface area contributed by atoms with Gasteiger partial charge >= 0.3 is 35.7 Å². The van der Waals surface area contributed by atoms with Crippen molar-refractivity contribution in [1.29, 1.82) is 0 Å². The summed E-state index contributed by atoms with van der Waals surface area (Å²) in [6, 6.07) is 0. The van der Waals surface area contributed by atoms with Gasteiger partial charge in [-0.1, -0.05) is 0 Å². The molecule has 0 aromatic carbocycles. The third-order valence-electron chi connectivity index (χ3n) is 2.21. The molecule has 0 aromatic rings. The van der Waals surface area contributed by atoms with Gasteiger partial charge in [0.25, 0.3) is 0 Å². The van der Waals surface area contributed by atoms with Crippen molar-refractivity contribution in [1.82, 2.24) is 0 Å². The molecule has 0 aliphatic carbocycles. The second kappa shape index (κ2) is 4.43. The van der Waals surface area contributed by atoms with Crippen molar-refractivity contribution in [3.63, 3.8) is 0 Å². The van der Waals surface area contributed by atoms with E-state index in [1.807, 2.05) is 0 Å². The molecule has 2 aliphatic rings. The standard InChI is InChI=1S/C10H8N2O8/c11-9(17-5(13)1-2-6(14)18-9)10(12)19-7(15)3-4-8(16)20-10/h1-4H,11-12H2. The molecular weight excluding hydrogens is 276 g/mol. The van der Waals surface area contributed by atoms with E-state index in [0.717, 1.165) is 0 Å². The van der Waals surface area contributed by atoms with E-state index >= 15 is 0 Å². The maximum Gasteiger partial charge on any atom is 0.414 e. The van der Waals surface area contributed by atoms with Crippen LogP contribution < -0.4 is 11.5 Å². The smallest absolute Gasteiger partial charge is 0.398 e. The average Bonchev–Trinajstić information content (AvgIpc) is 2.54. The molecule has 0 fully saturated rings. The molecule has 0 aromatic heterocycles. The van der Waals surface area contributed by atoms with Gasteiger partial charge in [0.2, 0.25) is 0 Å². The van der Waals surface area contributed by atoms with Crippen LogP contribution in [0, 0.1) is 0 Å². The van der Waals surface area contributed by atoms with Crippen molar-refractivity contribution >= 4 is 23.9 Å². The molecule has 106 valence electrons. The molecule has 20 heavy (non-hydrogen) atoms. The van der Waals surface area contributed by atoms with E-state index < -0.39 is 35.7 Å². The third-order valence-corrected chi connectivity index (χ3v) is 2.21. The minimum Gasteiger partial charge on any atom is -0.398 e. The predicted molar refractivity (Wildman–Crippen MR) is 56.5 cm³/mol. The third kappa shape index (κ3) is 2.37. The van der Waals surface area contributed by atoms with Crippen LogP contribution in [0.15, 0.2) is 24.3 Å². The van der Waals surface area contributed by atoms with Crippen molar-refractivity contribution in [2.24, 2.45) is 11.5 Å². The maximum atomic E-state index is 11.3. The van der Waals surface area contributed by atoms with Crippen molar-refractivity contribution in [2.45, 2.75) is 11.8 Å². The zero-order valence-corrected chi connectivity index (χ0v) is 9.73. The van der Waals surface area contributed by atoms with Gasteiger partial charge in [-0.25, -0.2) is 30.6 Å². The highest BCUT2D eigenvalue weighted by atomic mass is 16.8. The van der Waals surface area contributed by atoms with E-state index in [4.69, 9.17) is 11.5 Å². The Bertz CT molecular complexity index is 474. The molecule has 0 unspecified atom stereocenters. The Labute approximate surface area is 110 Å². The molecule has 10 heteroatoms. The van der Waals surface area contributed by atoms with Crippen LogP contribution in [0.25, 0.3) is 0 Å². The van der Waals surface area contributed by atoms with Gasteiger partial charge in [0, 0.05) is 24.3 Å². The molecule has 10 nitrogen and oxygen atoms in total. The normalized spacial score (nSPS) is 23.9. The lowest BCUT2D eigenvalue weighted by atomic mass is 10.3. The molecule has 0 spiro atoms. The maximum absolute atomic E-state index is 11.3. The lowest BCUT2D eigenvalue weighted by Gasteiger charge is -2.38. The second-order valence-corrected chi connectivity index (χ2v) is 3.69. The van der Waals surface area contributed by atoms with Crippen molar-refractivity contribution < 1.29 is 38.1 Å². The lowest BCUT2D eigenvalue weighted by Crippen LogP contribution is -2.72. The summed E-state index contributed by atoms with van der Waals surface area (Å²) in [4.78, 5) is 45.2. The number of cyclic esters (lactones) is 4. The Kier molecular flexibility index (Phi) is 3.04. The van der Waals surface area contributed by atoms with Crippen LogP contribution in [-0.2, 0) is 38.1 Å². The van der Waals surface area contributed by atoms with Crippen LogP contribution in [0.2, 0.25) is 0 Å². The SMILES string of the molecule is NC1(C2(N)OC(=O)C=CC(=O)O2)OC(=O)C=CC(=O)O1. The monoisotopic (exact) mass is 284 g/mol. The van der Waals surface area contributed by atoms with E-state index in [1.54, 1.807) is 0 Å². The van der Waals surface area contributed by atoms with E-state index in [0.29, 0.717) is 24.3 Å². The van der Waals surface area contributed by atoms with Gasteiger partial charge in [-0.2, -0.15) is 0 Å². The average molecular weight is 284 g/mol. The van der Waals surface area contributed by atoms with Crippen molar-refractivity contribution in [2.75, 3.05) is 0 Å². The zero-order chi connectivity index (χ0) is 15.0. The van der Waals surface area contributed by atoms with Gasteiger partial charge < -0.3 is 18.9 Å². The first-order chi connectivity index (χ1) is 9.24. The number of esters is 4. The summed E-state index contributed by atoms with van der Waals surface area (Å²) in [6.45, 7) is 0. The van der Waals surface area contributed by atoms with Crippen molar-refractivity contribution in [3.8, 4) is 0 Å². The van der Waals surface area contributed by atoms with Gasteiger partial charge in [-0.3, -0.25) is 0 Å². The lowest BCUT2D eigenvalue weighted by molar-refractivity contribution is -0.355. The minimum absolute atomic E-state index is 0.707. The molecule has 2 heterocycles. The topological polar surface area (TPSA) is 157 Å². The summed E-state index contributed by atoms with van der Waals surface area (Å²) in [5.41, 5.74) is 11.0. The van der Waals surface area contributed by atoms with Crippen LogP contribution in [-0.4, -0.2) is 35.7 Å². The molecule has 0 saturated carbocycles. The summed E-state index contributed by atoms with van der Waals surface area (Å²) in [6.07, 6.45) is 2.83. The van der Waals surface area contributed by atoms with Crippen LogP contribution in [0.1, 0.15) is 0 Å². The highest BCUT2D eigenvalue weighted by Gasteiger charge is 2.62. The van der Waals surface area contributed by atoms with Gasteiger partial charge in [-0.05, 0) is 0 Å². The van der Waals surface area contributed by atoms with Crippen LogP contribution in [0.5, 0.6) is 0 Å². The van der Waals surface area contributed by atoms with Crippen molar-refractivity contribution in [3.05, 3.63) is 24.3 Å². The molecular formula is C10H8N2O8. The van der Waals surface area contributed by atoms with E-state index in [1.165, 1.54) is 0 Å². The quantitative estimate of drug-likeness (QED) is 0.494. The van der Waals surface area contributed by atoms with Gasteiger partial charge in [0.1, 0.15) is 0 Å². The molecule has 0 bridgehead atoms. The molecule has 2 rings (SSSR count). The Morgan fingerprint density at radius 2 is 0.800 bits per heavy atom. The molecule has 0 saturated heterocycles. The molecule has 4 N–H and O–H groups in total. The predicted octanol–water partition coefficient (Wildman–Crippen LogP) is -2.48. The van der Waals surface area contributed by atoms with Crippen LogP contribution in [0.4, 0.5) is 0 Å². The number of carbonyl (C=O) groups excluding carboxylic acids is 4. The molecule has 0 radical (unpaired) electrons. The first kappa shape index (κ1) is 13.7. The first-order valence-electron chi connectivity index (χ1n) is 5.10. The van der Waals surface area contributed by atoms with E-state index in [2.05, 4.69) is 18.9 Å². The fraction of sp³-hybridized carbons (Fsp3) is 0.200.